The second-order valence-corrected chi connectivity index (χ2v) is 8.52. The van der Waals surface area contributed by atoms with Gasteiger partial charge in [-0.25, -0.2) is 0 Å². The number of ketones is 1. The zero-order valence-corrected chi connectivity index (χ0v) is 18.2. The molecule has 9 heteroatoms. The molecule has 168 valence electrons. The standard InChI is InChI=1S/C20H38N4O5/c1-11(2)10-29-15-6-14(8-22-9-15)19(27)24-17(13(5)25)20(28)23-16(7-21)18(26)12(3)4/h11-17,22,25H,6-10,21H2,1-5H3,(H,23,28)(H,24,27)/t13-,14?,15?,16-,17-/m0/s1. The van der Waals surface area contributed by atoms with Crippen molar-refractivity contribution in [3.05, 3.63) is 0 Å². The van der Waals surface area contributed by atoms with E-state index < -0.39 is 24.1 Å². The van der Waals surface area contributed by atoms with Crippen LogP contribution in [0.3, 0.4) is 0 Å². The predicted octanol–water partition coefficient (Wildman–Crippen LogP) is -0.829. The van der Waals surface area contributed by atoms with E-state index in [4.69, 9.17) is 10.5 Å². The third kappa shape index (κ3) is 8.38. The number of rotatable bonds is 11. The Morgan fingerprint density at radius 1 is 1.14 bits per heavy atom. The van der Waals surface area contributed by atoms with Crippen LogP contribution in [0.4, 0.5) is 0 Å². The van der Waals surface area contributed by atoms with Crippen LogP contribution in [-0.2, 0) is 19.1 Å². The number of hydrogen-bond acceptors (Lipinski definition) is 7. The van der Waals surface area contributed by atoms with E-state index in [0.717, 1.165) is 0 Å². The molecule has 1 aliphatic heterocycles. The molecule has 1 rings (SSSR count). The molecule has 9 nitrogen and oxygen atoms in total. The highest BCUT2D eigenvalue weighted by Gasteiger charge is 2.34. The number of ether oxygens (including phenoxy) is 1. The average molecular weight is 415 g/mol. The first kappa shape index (κ1) is 25.5. The van der Waals surface area contributed by atoms with E-state index in [2.05, 4.69) is 29.8 Å². The molecule has 0 aromatic rings. The third-order valence-corrected chi connectivity index (χ3v) is 4.87. The van der Waals surface area contributed by atoms with Gasteiger partial charge in [-0.1, -0.05) is 27.7 Å². The van der Waals surface area contributed by atoms with E-state index in [0.29, 0.717) is 32.0 Å². The van der Waals surface area contributed by atoms with Crippen molar-refractivity contribution in [2.75, 3.05) is 26.2 Å². The number of carbonyl (C=O) groups excluding carboxylic acids is 3. The van der Waals surface area contributed by atoms with Crippen LogP contribution in [-0.4, -0.2) is 73.2 Å². The molecule has 2 amide bonds. The van der Waals surface area contributed by atoms with Crippen molar-refractivity contribution >= 4 is 17.6 Å². The molecule has 1 fully saturated rings. The highest BCUT2D eigenvalue weighted by Crippen LogP contribution is 2.15. The van der Waals surface area contributed by atoms with Crippen molar-refractivity contribution in [3.8, 4) is 0 Å². The van der Waals surface area contributed by atoms with Crippen LogP contribution < -0.4 is 21.7 Å². The molecular weight excluding hydrogens is 376 g/mol. The molecule has 0 spiro atoms. The number of Topliss-reactive ketones (excluding diaryl/α,β-unsaturated/α-hetero) is 1. The lowest BCUT2D eigenvalue weighted by atomic mass is 9.95. The van der Waals surface area contributed by atoms with Gasteiger partial charge in [-0.15, -0.1) is 0 Å². The van der Waals surface area contributed by atoms with E-state index >= 15 is 0 Å². The summed E-state index contributed by atoms with van der Waals surface area (Å²) in [5.41, 5.74) is 5.61. The summed E-state index contributed by atoms with van der Waals surface area (Å²) >= 11 is 0. The third-order valence-electron chi connectivity index (χ3n) is 4.87. The van der Waals surface area contributed by atoms with Crippen molar-refractivity contribution < 1.29 is 24.2 Å². The molecule has 0 bridgehead atoms. The largest absolute Gasteiger partial charge is 0.391 e. The first-order chi connectivity index (χ1) is 13.6. The second-order valence-electron chi connectivity index (χ2n) is 8.52. The van der Waals surface area contributed by atoms with Gasteiger partial charge < -0.3 is 31.5 Å². The highest BCUT2D eigenvalue weighted by molar-refractivity contribution is 5.94. The summed E-state index contributed by atoms with van der Waals surface area (Å²) in [6, 6.07) is -2.03. The van der Waals surface area contributed by atoms with E-state index in [9.17, 15) is 19.5 Å². The topological polar surface area (TPSA) is 143 Å². The van der Waals surface area contributed by atoms with Crippen LogP contribution in [0, 0.1) is 17.8 Å². The Bertz CT molecular complexity index is 553. The van der Waals surface area contributed by atoms with Crippen molar-refractivity contribution in [1.29, 1.82) is 0 Å². The maximum Gasteiger partial charge on any atom is 0.245 e. The summed E-state index contributed by atoms with van der Waals surface area (Å²) in [5.74, 6) is -1.43. The molecule has 29 heavy (non-hydrogen) atoms. The number of piperidine rings is 1. The molecule has 0 aromatic heterocycles. The molecule has 0 radical (unpaired) electrons. The minimum atomic E-state index is -1.17. The second kappa shape index (κ2) is 12.2. The summed E-state index contributed by atoms with van der Waals surface area (Å²) in [5, 5.41) is 18.4. The smallest absolute Gasteiger partial charge is 0.245 e. The number of aliphatic hydroxyl groups is 1. The molecule has 1 aliphatic rings. The van der Waals surface area contributed by atoms with E-state index in [1.165, 1.54) is 6.92 Å². The molecule has 2 unspecified atom stereocenters. The number of amides is 2. The van der Waals surface area contributed by atoms with Crippen LogP contribution in [0.25, 0.3) is 0 Å². The summed E-state index contributed by atoms with van der Waals surface area (Å²) in [4.78, 5) is 37.5. The molecule has 0 aromatic carbocycles. The van der Waals surface area contributed by atoms with Crippen molar-refractivity contribution in [1.82, 2.24) is 16.0 Å². The van der Waals surface area contributed by atoms with Gasteiger partial charge in [0.15, 0.2) is 5.78 Å². The van der Waals surface area contributed by atoms with Crippen LogP contribution in [0.5, 0.6) is 0 Å². The van der Waals surface area contributed by atoms with Gasteiger partial charge in [-0.05, 0) is 19.3 Å². The summed E-state index contributed by atoms with van der Waals surface area (Å²) in [6.07, 6.45) is -0.668. The highest BCUT2D eigenvalue weighted by atomic mass is 16.5. The van der Waals surface area contributed by atoms with Crippen molar-refractivity contribution in [2.45, 2.75) is 65.3 Å². The number of carbonyl (C=O) groups is 3. The first-order valence-corrected chi connectivity index (χ1v) is 10.4. The molecule has 1 heterocycles. The molecule has 0 aliphatic carbocycles. The van der Waals surface area contributed by atoms with Gasteiger partial charge in [0.1, 0.15) is 6.04 Å². The summed E-state index contributed by atoms with van der Waals surface area (Å²) < 4.78 is 5.82. The quantitative estimate of drug-likeness (QED) is 0.297. The fourth-order valence-electron chi connectivity index (χ4n) is 3.14. The maximum atomic E-state index is 12.7. The molecule has 5 atom stereocenters. The van der Waals surface area contributed by atoms with Gasteiger partial charge in [0, 0.05) is 32.2 Å². The Hall–Kier alpha value is -1.55. The van der Waals surface area contributed by atoms with Crippen LogP contribution in [0.2, 0.25) is 0 Å². The normalized spacial score (nSPS) is 22.8. The molecular formula is C20H38N4O5. The van der Waals surface area contributed by atoms with Gasteiger partial charge in [0.05, 0.1) is 24.2 Å². The minimum absolute atomic E-state index is 0.0509. The minimum Gasteiger partial charge on any atom is -0.391 e. The number of hydrogen-bond donors (Lipinski definition) is 5. The van der Waals surface area contributed by atoms with Gasteiger partial charge in [-0.3, -0.25) is 14.4 Å². The Kier molecular flexibility index (Phi) is 10.7. The molecule has 1 saturated heterocycles. The summed E-state index contributed by atoms with van der Waals surface area (Å²) in [7, 11) is 0. The Morgan fingerprint density at radius 2 is 1.79 bits per heavy atom. The SMILES string of the molecule is CC(C)COC1CNCC(C(=O)N[C@H](C(=O)N[C@@H](CN)C(=O)C(C)C)[C@H](C)O)C1. The van der Waals surface area contributed by atoms with Crippen LogP contribution in [0.1, 0.15) is 41.0 Å². The fourth-order valence-corrected chi connectivity index (χ4v) is 3.14. The first-order valence-electron chi connectivity index (χ1n) is 10.4. The van der Waals surface area contributed by atoms with Crippen LogP contribution in [0.15, 0.2) is 0 Å². The van der Waals surface area contributed by atoms with E-state index in [-0.39, 0.29) is 36.2 Å². The number of aliphatic hydroxyl groups excluding tert-OH is 1. The van der Waals surface area contributed by atoms with Gasteiger partial charge in [0.25, 0.3) is 0 Å². The van der Waals surface area contributed by atoms with E-state index in [1.807, 2.05) is 0 Å². The lowest BCUT2D eigenvalue weighted by molar-refractivity contribution is -0.136. The van der Waals surface area contributed by atoms with Gasteiger partial charge in [-0.2, -0.15) is 0 Å². The zero-order valence-electron chi connectivity index (χ0n) is 18.2. The Balaban J connectivity index is 2.71. The van der Waals surface area contributed by atoms with Crippen LogP contribution >= 0.6 is 0 Å². The Labute approximate surface area is 173 Å². The van der Waals surface area contributed by atoms with Gasteiger partial charge in [0.2, 0.25) is 11.8 Å². The fraction of sp³-hybridized carbons (Fsp3) is 0.850. The lowest BCUT2D eigenvalue weighted by Crippen LogP contribution is -2.59. The zero-order chi connectivity index (χ0) is 22.1. The van der Waals surface area contributed by atoms with E-state index in [1.54, 1.807) is 13.8 Å². The maximum absolute atomic E-state index is 12.7. The molecule has 6 N–H and O–H groups in total. The average Bonchev–Trinajstić information content (AvgIpc) is 2.67. The van der Waals surface area contributed by atoms with Crippen molar-refractivity contribution in [3.63, 3.8) is 0 Å². The predicted molar refractivity (Wildman–Crippen MR) is 110 cm³/mol. The number of nitrogens with one attached hydrogen (secondary N) is 3. The Morgan fingerprint density at radius 3 is 2.31 bits per heavy atom. The number of nitrogens with two attached hydrogens (primary N) is 1. The monoisotopic (exact) mass is 414 g/mol. The lowest BCUT2D eigenvalue weighted by Gasteiger charge is -2.31. The molecule has 0 saturated carbocycles. The summed E-state index contributed by atoms with van der Waals surface area (Å²) in [6.45, 7) is 10.7. The van der Waals surface area contributed by atoms with Crippen molar-refractivity contribution in [2.24, 2.45) is 23.5 Å². The van der Waals surface area contributed by atoms with Gasteiger partial charge >= 0.3 is 0 Å².